The van der Waals surface area contributed by atoms with E-state index in [0.29, 0.717) is 27.1 Å². The maximum Gasteiger partial charge on any atom is 0.261 e. The molecule has 0 unspecified atom stereocenters. The van der Waals surface area contributed by atoms with E-state index in [1.807, 2.05) is 43.3 Å². The largest absolute Gasteiger partial charge is 0.313 e. The minimum Gasteiger partial charge on any atom is -0.313 e. The van der Waals surface area contributed by atoms with E-state index in [4.69, 9.17) is 0 Å². The third kappa shape index (κ3) is 3.66. The van der Waals surface area contributed by atoms with Crippen molar-refractivity contribution < 1.29 is 9.59 Å². The minimum atomic E-state index is -0.317. The first-order valence-electron chi connectivity index (χ1n) is 9.54. The highest BCUT2D eigenvalue weighted by Gasteiger charge is 2.35. The molecule has 152 valence electrons. The van der Waals surface area contributed by atoms with Gasteiger partial charge in [0.1, 0.15) is 5.01 Å². The number of carbonyl (C=O) groups is 2. The van der Waals surface area contributed by atoms with Crippen LogP contribution in [0.25, 0.3) is 11.3 Å². The Bertz CT molecular complexity index is 1250. The van der Waals surface area contributed by atoms with Crippen molar-refractivity contribution in [2.45, 2.75) is 13.5 Å². The second-order valence-electron chi connectivity index (χ2n) is 7.04. The number of nitrogens with one attached hydrogen (secondary N) is 1. The number of fused-ring (bicyclic) bond motifs is 1. The number of benzene rings is 2. The second-order valence-corrected chi connectivity index (χ2v) is 8.10. The lowest BCUT2D eigenvalue weighted by atomic mass is 10.1. The highest BCUT2D eigenvalue weighted by Crippen LogP contribution is 2.27. The summed E-state index contributed by atoms with van der Waals surface area (Å²) in [5, 5.41) is 20.7. The van der Waals surface area contributed by atoms with Crippen LogP contribution >= 0.6 is 11.3 Å². The molecule has 2 amide bonds. The van der Waals surface area contributed by atoms with E-state index in [0.717, 1.165) is 11.3 Å². The molecule has 2 aromatic heterocycles. The Balaban J connectivity index is 1.27. The Morgan fingerprint density at radius 3 is 2.19 bits per heavy atom. The smallest absolute Gasteiger partial charge is 0.261 e. The maximum atomic E-state index is 12.5. The summed E-state index contributed by atoms with van der Waals surface area (Å²) in [5.41, 5.74) is 3.78. The molecular formula is C22H16N6O2S. The average molecular weight is 428 g/mol. The van der Waals surface area contributed by atoms with Gasteiger partial charge >= 0.3 is 0 Å². The zero-order valence-corrected chi connectivity index (χ0v) is 17.3. The van der Waals surface area contributed by atoms with Gasteiger partial charge in [-0.05, 0) is 31.2 Å². The van der Waals surface area contributed by atoms with Crippen molar-refractivity contribution >= 4 is 34.1 Å². The van der Waals surface area contributed by atoms with Crippen molar-refractivity contribution in [2.75, 3.05) is 5.32 Å². The van der Waals surface area contributed by atoms with E-state index in [-0.39, 0.29) is 18.4 Å². The van der Waals surface area contributed by atoms with Gasteiger partial charge in [-0.2, -0.15) is 0 Å². The summed E-state index contributed by atoms with van der Waals surface area (Å²) in [7, 11) is 0. The molecule has 2 aromatic carbocycles. The van der Waals surface area contributed by atoms with E-state index in [1.54, 1.807) is 24.3 Å². The minimum absolute atomic E-state index is 0.0731. The number of amides is 2. The van der Waals surface area contributed by atoms with Crippen molar-refractivity contribution in [1.82, 2.24) is 25.3 Å². The van der Waals surface area contributed by atoms with E-state index < -0.39 is 0 Å². The molecule has 1 aliphatic rings. The summed E-state index contributed by atoms with van der Waals surface area (Å²) in [5.74, 6) is -0.106. The first-order chi connectivity index (χ1) is 15.1. The summed E-state index contributed by atoms with van der Waals surface area (Å²) in [6, 6.07) is 18.5. The molecular weight excluding hydrogens is 412 g/mol. The fraction of sp³-hybridized carbons (Fsp3) is 0.0909. The van der Waals surface area contributed by atoms with Gasteiger partial charge in [0.2, 0.25) is 5.13 Å². The molecule has 0 saturated carbocycles. The number of rotatable bonds is 5. The molecule has 0 atom stereocenters. The van der Waals surface area contributed by atoms with Crippen LogP contribution in [-0.4, -0.2) is 37.1 Å². The van der Waals surface area contributed by atoms with E-state index in [9.17, 15) is 9.59 Å². The van der Waals surface area contributed by atoms with Crippen molar-refractivity contribution in [3.8, 4) is 11.3 Å². The van der Waals surface area contributed by atoms with E-state index in [2.05, 4.69) is 25.7 Å². The van der Waals surface area contributed by atoms with Crippen LogP contribution in [-0.2, 0) is 6.54 Å². The van der Waals surface area contributed by atoms with Crippen LogP contribution in [0.2, 0.25) is 0 Å². The van der Waals surface area contributed by atoms with Gasteiger partial charge in [-0.15, -0.1) is 20.4 Å². The highest BCUT2D eigenvalue weighted by molar-refractivity contribution is 7.15. The van der Waals surface area contributed by atoms with Crippen LogP contribution in [0.4, 0.5) is 10.9 Å². The number of nitrogens with zero attached hydrogens (tertiary/aromatic N) is 5. The lowest BCUT2D eigenvalue weighted by Crippen LogP contribution is -2.29. The quantitative estimate of drug-likeness (QED) is 0.482. The van der Waals surface area contributed by atoms with Crippen LogP contribution in [0.1, 0.15) is 31.3 Å². The molecule has 0 aliphatic carbocycles. The fourth-order valence-electron chi connectivity index (χ4n) is 3.27. The molecule has 0 bridgehead atoms. The standard InChI is InChI=1S/C22H16N6O2S/c1-13-6-8-14(9-7-13)17-10-11-18(25-24-17)23-22-27-26-19(31-22)12-28-20(29)15-4-2-3-5-16(15)21(28)30/h2-11H,12H2,1H3,(H,23,25,27). The molecule has 8 nitrogen and oxygen atoms in total. The molecule has 9 heteroatoms. The Labute approximate surface area is 181 Å². The Kier molecular flexibility index (Phi) is 4.72. The molecule has 1 N–H and O–H groups in total. The van der Waals surface area contributed by atoms with Crippen molar-refractivity contribution in [2.24, 2.45) is 0 Å². The summed E-state index contributed by atoms with van der Waals surface area (Å²) in [6.45, 7) is 2.11. The number of aromatic nitrogens is 4. The van der Waals surface area contributed by atoms with Crippen molar-refractivity contribution in [1.29, 1.82) is 0 Å². The highest BCUT2D eigenvalue weighted by atomic mass is 32.1. The van der Waals surface area contributed by atoms with Crippen molar-refractivity contribution in [3.63, 3.8) is 0 Å². The van der Waals surface area contributed by atoms with Gasteiger partial charge in [-0.1, -0.05) is 53.3 Å². The first-order valence-corrected chi connectivity index (χ1v) is 10.4. The van der Waals surface area contributed by atoms with Gasteiger partial charge in [0.05, 0.1) is 23.4 Å². The number of hydrogen-bond acceptors (Lipinski definition) is 8. The number of imide groups is 1. The second kappa shape index (κ2) is 7.69. The van der Waals surface area contributed by atoms with E-state index in [1.165, 1.54) is 21.8 Å². The molecule has 31 heavy (non-hydrogen) atoms. The van der Waals surface area contributed by atoms with Gasteiger partial charge in [0.15, 0.2) is 5.82 Å². The lowest BCUT2D eigenvalue weighted by Gasteiger charge is -2.10. The number of hydrogen-bond donors (Lipinski definition) is 1. The third-order valence-electron chi connectivity index (χ3n) is 4.89. The summed E-state index contributed by atoms with van der Waals surface area (Å²) >= 11 is 1.25. The number of anilines is 2. The van der Waals surface area contributed by atoms with Gasteiger partial charge < -0.3 is 5.32 Å². The SMILES string of the molecule is Cc1ccc(-c2ccc(Nc3nnc(CN4C(=O)c5ccccc5C4=O)s3)nn2)cc1. The van der Waals surface area contributed by atoms with Crippen LogP contribution in [0, 0.1) is 6.92 Å². The molecule has 0 fully saturated rings. The van der Waals surface area contributed by atoms with Gasteiger partial charge in [0.25, 0.3) is 11.8 Å². The first kappa shape index (κ1) is 19.0. The molecule has 1 aliphatic heterocycles. The fourth-order valence-corrected chi connectivity index (χ4v) is 4.01. The monoisotopic (exact) mass is 428 g/mol. The van der Waals surface area contributed by atoms with E-state index >= 15 is 0 Å². The summed E-state index contributed by atoms with van der Waals surface area (Å²) in [6.07, 6.45) is 0. The lowest BCUT2D eigenvalue weighted by molar-refractivity contribution is 0.0642. The van der Waals surface area contributed by atoms with Crippen LogP contribution in [0.15, 0.2) is 60.7 Å². The predicted octanol–water partition coefficient (Wildman–Crippen LogP) is 3.84. The van der Waals surface area contributed by atoms with Crippen LogP contribution < -0.4 is 5.32 Å². The Hall–Kier alpha value is -3.98. The number of aryl methyl sites for hydroxylation is 1. The summed E-state index contributed by atoms with van der Waals surface area (Å²) < 4.78 is 0. The molecule has 5 rings (SSSR count). The summed E-state index contributed by atoms with van der Waals surface area (Å²) in [4.78, 5) is 26.2. The molecule has 0 saturated heterocycles. The Morgan fingerprint density at radius 1 is 0.839 bits per heavy atom. The predicted molar refractivity (Wildman–Crippen MR) is 116 cm³/mol. The molecule has 4 aromatic rings. The zero-order valence-electron chi connectivity index (χ0n) is 16.4. The van der Waals surface area contributed by atoms with Crippen molar-refractivity contribution in [3.05, 3.63) is 82.4 Å². The Morgan fingerprint density at radius 2 is 1.55 bits per heavy atom. The molecule has 3 heterocycles. The molecule has 0 radical (unpaired) electrons. The zero-order chi connectivity index (χ0) is 21.4. The number of carbonyl (C=O) groups excluding carboxylic acids is 2. The molecule has 0 spiro atoms. The maximum absolute atomic E-state index is 12.5. The normalized spacial score (nSPS) is 12.9. The third-order valence-corrected chi connectivity index (χ3v) is 5.71. The van der Waals surface area contributed by atoms with Crippen LogP contribution in [0.5, 0.6) is 0 Å². The van der Waals surface area contributed by atoms with Crippen LogP contribution in [0.3, 0.4) is 0 Å². The van der Waals surface area contributed by atoms with Gasteiger partial charge in [0, 0.05) is 5.56 Å². The topological polar surface area (TPSA) is 101 Å². The van der Waals surface area contributed by atoms with Gasteiger partial charge in [-0.3, -0.25) is 14.5 Å². The van der Waals surface area contributed by atoms with Gasteiger partial charge in [-0.25, -0.2) is 0 Å². The average Bonchev–Trinajstić information content (AvgIpc) is 3.33.